The van der Waals surface area contributed by atoms with Gasteiger partial charge >= 0.3 is 6.18 Å². The summed E-state index contributed by atoms with van der Waals surface area (Å²) >= 11 is 0. The number of nitrogens with one attached hydrogen (secondary N) is 1. The maximum Gasteiger partial charge on any atom is 0.416 e. The molecule has 0 atom stereocenters. The fourth-order valence-corrected chi connectivity index (χ4v) is 2.98. The van der Waals surface area contributed by atoms with Crippen LogP contribution in [0.4, 0.5) is 13.2 Å². The van der Waals surface area contributed by atoms with Crippen LogP contribution >= 0.6 is 0 Å². The van der Waals surface area contributed by atoms with Gasteiger partial charge in [-0.25, -0.2) is 0 Å². The molecule has 1 aromatic heterocycles. The van der Waals surface area contributed by atoms with Crippen molar-refractivity contribution in [2.24, 2.45) is 5.73 Å². The molecule has 1 aromatic carbocycles. The molecule has 6 nitrogen and oxygen atoms in total. The number of carbonyl (C=O) groups is 2. The number of alkyl halides is 3. The highest BCUT2D eigenvalue weighted by atomic mass is 19.4. The van der Waals surface area contributed by atoms with Crippen LogP contribution in [0.1, 0.15) is 37.5 Å². The molecule has 0 saturated carbocycles. The second-order valence-corrected chi connectivity index (χ2v) is 5.94. The zero-order valence-electron chi connectivity index (χ0n) is 13.4. The van der Waals surface area contributed by atoms with E-state index >= 15 is 0 Å². The number of nitrogens with zero attached hydrogens (tertiary/aromatic N) is 1. The number of carbonyl (C=O) groups excluding carboxylic acids is 2. The number of hydrogen-bond acceptors (Lipinski definition) is 3. The molecule has 2 heterocycles. The van der Waals surface area contributed by atoms with Crippen LogP contribution in [-0.4, -0.2) is 28.2 Å². The summed E-state index contributed by atoms with van der Waals surface area (Å²) in [4.78, 5) is 39.4. The molecule has 2 aromatic rings. The minimum Gasteiger partial charge on any atom is -0.364 e. The summed E-state index contributed by atoms with van der Waals surface area (Å²) in [6.45, 7) is 0.148. The first kappa shape index (κ1) is 17.7. The average Bonchev–Trinajstić information content (AvgIpc) is 2.56. The van der Waals surface area contributed by atoms with Crippen molar-refractivity contribution in [1.29, 1.82) is 0 Å². The number of fused-ring (bicyclic) bond motifs is 1. The molecule has 1 aliphatic rings. The van der Waals surface area contributed by atoms with Crippen LogP contribution in [0.25, 0.3) is 0 Å². The van der Waals surface area contributed by atoms with E-state index < -0.39 is 29.1 Å². The minimum absolute atomic E-state index is 0.0408. The molecular weight excluding hydrogens is 351 g/mol. The average molecular weight is 365 g/mol. The molecule has 0 radical (unpaired) electrons. The van der Waals surface area contributed by atoms with Crippen LogP contribution in [0.2, 0.25) is 0 Å². The van der Waals surface area contributed by atoms with Crippen LogP contribution in [-0.2, 0) is 19.1 Å². The number of rotatable bonds is 3. The molecule has 1 aliphatic heterocycles. The van der Waals surface area contributed by atoms with Crippen LogP contribution < -0.4 is 11.3 Å². The van der Waals surface area contributed by atoms with Gasteiger partial charge in [0.25, 0.3) is 11.8 Å². The second-order valence-electron chi connectivity index (χ2n) is 5.94. The lowest BCUT2D eigenvalue weighted by molar-refractivity contribution is -0.137. The summed E-state index contributed by atoms with van der Waals surface area (Å²) in [6, 6.07) is 5.77. The van der Waals surface area contributed by atoms with Gasteiger partial charge in [-0.3, -0.25) is 14.4 Å². The monoisotopic (exact) mass is 365 g/mol. The number of primary amides is 1. The summed E-state index contributed by atoms with van der Waals surface area (Å²) in [5.41, 5.74) is 4.38. The fraction of sp³-hybridized carbons (Fsp3) is 0.235. The van der Waals surface area contributed by atoms with Crippen molar-refractivity contribution in [2.75, 3.05) is 6.54 Å². The molecule has 3 N–H and O–H groups in total. The van der Waals surface area contributed by atoms with E-state index in [-0.39, 0.29) is 30.8 Å². The maximum atomic E-state index is 12.8. The minimum atomic E-state index is -4.47. The summed E-state index contributed by atoms with van der Waals surface area (Å²) in [7, 11) is 0. The third kappa shape index (κ3) is 3.32. The molecule has 0 saturated heterocycles. The van der Waals surface area contributed by atoms with Gasteiger partial charge in [-0.2, -0.15) is 13.2 Å². The van der Waals surface area contributed by atoms with E-state index in [4.69, 9.17) is 5.73 Å². The summed E-state index contributed by atoms with van der Waals surface area (Å²) in [6.07, 6.45) is -4.21. The Hall–Kier alpha value is -3.10. The maximum absolute atomic E-state index is 12.8. The van der Waals surface area contributed by atoms with Gasteiger partial charge in [-0.15, -0.1) is 0 Å². The van der Waals surface area contributed by atoms with E-state index in [1.807, 2.05) is 0 Å². The molecule has 26 heavy (non-hydrogen) atoms. The highest BCUT2D eigenvalue weighted by Crippen LogP contribution is 2.30. The molecular formula is C17H14F3N3O3. The standard InChI is InChI=1S/C17H14F3N3O3/c18-17(19,20)10-3-1-2-9(6-10)8-23-5-4-11-12(16(23)26)7-13(24)22-14(11)15(21)25/h1-3,6-7H,4-5,8H2,(H2,21,25)(H,22,24). The third-order valence-corrected chi connectivity index (χ3v) is 4.17. The SMILES string of the molecule is NC(=O)c1[nH]c(=O)cc2c1CCN(Cc1cccc(C(F)(F)F)c1)C2=O. The van der Waals surface area contributed by atoms with Gasteiger partial charge in [0.05, 0.1) is 11.1 Å². The summed E-state index contributed by atoms with van der Waals surface area (Å²) in [5.74, 6) is -1.38. The number of H-pyrrole nitrogens is 1. The molecule has 136 valence electrons. The highest BCUT2D eigenvalue weighted by Gasteiger charge is 2.32. The van der Waals surface area contributed by atoms with Crippen LogP contribution in [0, 0.1) is 0 Å². The quantitative estimate of drug-likeness (QED) is 0.866. The zero-order valence-corrected chi connectivity index (χ0v) is 13.4. The lowest BCUT2D eigenvalue weighted by atomic mass is 9.97. The number of halogens is 3. The number of amides is 2. The number of pyridine rings is 1. The Kier molecular flexibility index (Phi) is 4.31. The van der Waals surface area contributed by atoms with Gasteiger partial charge in [0.2, 0.25) is 5.56 Å². The summed E-state index contributed by atoms with van der Waals surface area (Å²) in [5, 5.41) is 0. The fourth-order valence-electron chi connectivity index (χ4n) is 2.98. The van der Waals surface area contributed by atoms with Crippen LogP contribution in [0.15, 0.2) is 35.1 Å². The first-order valence-electron chi connectivity index (χ1n) is 7.68. The Morgan fingerprint density at radius 3 is 2.62 bits per heavy atom. The lowest BCUT2D eigenvalue weighted by Gasteiger charge is -2.29. The van der Waals surface area contributed by atoms with E-state index in [0.29, 0.717) is 11.1 Å². The van der Waals surface area contributed by atoms with Crippen LogP contribution in [0.5, 0.6) is 0 Å². The van der Waals surface area contributed by atoms with Gasteiger partial charge in [0, 0.05) is 19.2 Å². The van der Waals surface area contributed by atoms with Gasteiger partial charge in [-0.05, 0) is 29.7 Å². The Morgan fingerprint density at radius 1 is 1.23 bits per heavy atom. The Morgan fingerprint density at radius 2 is 1.96 bits per heavy atom. The third-order valence-electron chi connectivity index (χ3n) is 4.17. The zero-order chi connectivity index (χ0) is 19.1. The van der Waals surface area contributed by atoms with E-state index in [1.165, 1.54) is 17.0 Å². The molecule has 9 heteroatoms. The predicted molar refractivity (Wildman–Crippen MR) is 85.5 cm³/mol. The van der Waals surface area contributed by atoms with Crippen molar-refractivity contribution in [3.8, 4) is 0 Å². The van der Waals surface area contributed by atoms with Crippen molar-refractivity contribution >= 4 is 11.8 Å². The molecule has 0 spiro atoms. The predicted octanol–water partition coefficient (Wildman–Crippen LogP) is 1.69. The Bertz CT molecular complexity index is 950. The highest BCUT2D eigenvalue weighted by molar-refractivity contribution is 6.01. The Labute approximate surface area is 145 Å². The number of aromatic nitrogens is 1. The van der Waals surface area contributed by atoms with Crippen molar-refractivity contribution in [3.63, 3.8) is 0 Å². The van der Waals surface area contributed by atoms with Crippen LogP contribution in [0.3, 0.4) is 0 Å². The number of benzene rings is 1. The smallest absolute Gasteiger partial charge is 0.364 e. The normalized spacial score (nSPS) is 14.3. The first-order chi connectivity index (χ1) is 12.2. The molecule has 0 fully saturated rings. The molecule has 0 unspecified atom stereocenters. The van der Waals surface area contributed by atoms with E-state index in [1.54, 1.807) is 0 Å². The van der Waals surface area contributed by atoms with Crippen molar-refractivity contribution < 1.29 is 22.8 Å². The van der Waals surface area contributed by atoms with Gasteiger partial charge in [0.15, 0.2) is 0 Å². The van der Waals surface area contributed by atoms with Gasteiger partial charge < -0.3 is 15.6 Å². The molecule has 2 amide bonds. The van der Waals surface area contributed by atoms with E-state index in [2.05, 4.69) is 4.98 Å². The molecule has 3 rings (SSSR count). The van der Waals surface area contributed by atoms with Gasteiger partial charge in [0.1, 0.15) is 5.69 Å². The summed E-state index contributed by atoms with van der Waals surface area (Å²) < 4.78 is 38.5. The molecule has 0 aliphatic carbocycles. The Balaban J connectivity index is 1.91. The number of aromatic amines is 1. The first-order valence-corrected chi connectivity index (χ1v) is 7.68. The van der Waals surface area contributed by atoms with Crippen molar-refractivity contribution in [3.05, 3.63) is 68.6 Å². The largest absolute Gasteiger partial charge is 0.416 e. The topological polar surface area (TPSA) is 96.3 Å². The second kappa shape index (κ2) is 6.32. The van der Waals surface area contributed by atoms with Crippen molar-refractivity contribution in [1.82, 2.24) is 9.88 Å². The number of hydrogen-bond donors (Lipinski definition) is 2. The van der Waals surface area contributed by atoms with E-state index in [9.17, 15) is 27.6 Å². The van der Waals surface area contributed by atoms with Crippen molar-refractivity contribution in [2.45, 2.75) is 19.1 Å². The van der Waals surface area contributed by atoms with E-state index in [0.717, 1.165) is 18.2 Å². The molecule has 0 bridgehead atoms. The van der Waals surface area contributed by atoms with Gasteiger partial charge in [-0.1, -0.05) is 12.1 Å². The number of nitrogens with two attached hydrogens (primary N) is 1. The lowest BCUT2D eigenvalue weighted by Crippen LogP contribution is -2.39.